The second-order valence-electron chi connectivity index (χ2n) is 7.26. The summed E-state index contributed by atoms with van der Waals surface area (Å²) in [4.78, 5) is 38.6. The van der Waals surface area contributed by atoms with E-state index in [2.05, 4.69) is 10.7 Å². The van der Waals surface area contributed by atoms with Crippen molar-refractivity contribution < 1.29 is 19.1 Å². The number of ether oxygens (including phenoxy) is 1. The fourth-order valence-electron chi connectivity index (χ4n) is 3.90. The van der Waals surface area contributed by atoms with Gasteiger partial charge in [-0.3, -0.25) is 15.0 Å². The first kappa shape index (κ1) is 19.6. The van der Waals surface area contributed by atoms with Crippen LogP contribution in [-0.2, 0) is 33.7 Å². The van der Waals surface area contributed by atoms with Crippen LogP contribution >= 0.6 is 11.3 Å². The van der Waals surface area contributed by atoms with E-state index >= 15 is 0 Å². The molecule has 7 nitrogen and oxygen atoms in total. The second-order valence-corrected chi connectivity index (χ2v) is 8.37. The zero-order valence-corrected chi connectivity index (χ0v) is 17.0. The number of carbonyl (C=O) groups excluding carboxylic acids is 3. The Morgan fingerprint density at radius 3 is 2.76 bits per heavy atom. The molecule has 0 spiro atoms. The van der Waals surface area contributed by atoms with Crippen LogP contribution < -0.4 is 10.7 Å². The van der Waals surface area contributed by atoms with Gasteiger partial charge in [0, 0.05) is 11.4 Å². The zero-order valence-electron chi connectivity index (χ0n) is 16.2. The van der Waals surface area contributed by atoms with Crippen LogP contribution in [0, 0.1) is 0 Å². The molecule has 2 N–H and O–H groups in total. The van der Waals surface area contributed by atoms with Crippen molar-refractivity contribution in [3.8, 4) is 0 Å². The standard InChI is InChI=1S/C21H23N3O4S/c1-28-21(27)18-14-9-5-6-10-16(14)29-20(18)22-19(26)15-11-17(25)23-24(15)12-13-7-3-2-4-8-13/h2-4,7-8,15H,5-6,9-12H2,1H3,(H,22,26)(H,23,25)/t15-/m0/s1. The lowest BCUT2D eigenvalue weighted by Crippen LogP contribution is -2.43. The Hall–Kier alpha value is -2.71. The molecule has 1 aliphatic carbocycles. The van der Waals surface area contributed by atoms with Gasteiger partial charge in [0.2, 0.25) is 11.8 Å². The fourth-order valence-corrected chi connectivity index (χ4v) is 5.18. The highest BCUT2D eigenvalue weighted by molar-refractivity contribution is 7.17. The molecule has 2 heterocycles. The SMILES string of the molecule is COC(=O)c1c(NC(=O)[C@@H]2CC(=O)NN2Cc2ccccc2)sc2c1CCCC2. The molecule has 1 saturated heterocycles. The summed E-state index contributed by atoms with van der Waals surface area (Å²) in [7, 11) is 1.35. The van der Waals surface area contributed by atoms with Gasteiger partial charge in [-0.05, 0) is 36.8 Å². The van der Waals surface area contributed by atoms with Gasteiger partial charge in [-0.2, -0.15) is 0 Å². The maximum atomic E-state index is 13.0. The summed E-state index contributed by atoms with van der Waals surface area (Å²) in [5.74, 6) is -0.927. The highest BCUT2D eigenvalue weighted by atomic mass is 32.1. The number of benzene rings is 1. The van der Waals surface area contributed by atoms with Crippen molar-refractivity contribution in [3.05, 3.63) is 51.9 Å². The third kappa shape index (κ3) is 4.04. The minimum Gasteiger partial charge on any atom is -0.465 e. The number of nitrogens with zero attached hydrogens (tertiary/aromatic N) is 1. The summed E-state index contributed by atoms with van der Waals surface area (Å²) in [5.41, 5.74) is 5.21. The third-order valence-corrected chi connectivity index (χ3v) is 6.53. The summed E-state index contributed by atoms with van der Waals surface area (Å²) in [6.07, 6.45) is 3.90. The number of nitrogens with one attached hydrogen (secondary N) is 2. The second kappa shape index (κ2) is 8.34. The summed E-state index contributed by atoms with van der Waals surface area (Å²) >= 11 is 1.44. The predicted molar refractivity (Wildman–Crippen MR) is 109 cm³/mol. The first-order valence-electron chi connectivity index (χ1n) is 9.70. The van der Waals surface area contributed by atoms with Gasteiger partial charge in [-0.25, -0.2) is 9.80 Å². The van der Waals surface area contributed by atoms with E-state index in [4.69, 9.17) is 4.74 Å². The Balaban J connectivity index is 1.56. The molecule has 2 aromatic rings. The number of hydrazine groups is 1. The van der Waals surface area contributed by atoms with Crippen molar-refractivity contribution in [1.29, 1.82) is 0 Å². The highest BCUT2D eigenvalue weighted by Crippen LogP contribution is 2.38. The Labute approximate surface area is 173 Å². The first-order chi connectivity index (χ1) is 14.1. The summed E-state index contributed by atoms with van der Waals surface area (Å²) in [5, 5.41) is 5.08. The number of aryl methyl sites for hydroxylation is 1. The van der Waals surface area contributed by atoms with Gasteiger partial charge in [-0.15, -0.1) is 11.3 Å². The Bertz CT molecular complexity index is 941. The molecule has 8 heteroatoms. The van der Waals surface area contributed by atoms with E-state index < -0.39 is 12.0 Å². The third-order valence-electron chi connectivity index (χ3n) is 5.32. The molecule has 0 saturated carbocycles. The van der Waals surface area contributed by atoms with Crippen LogP contribution in [0.2, 0.25) is 0 Å². The van der Waals surface area contributed by atoms with Crippen LogP contribution in [0.5, 0.6) is 0 Å². The highest BCUT2D eigenvalue weighted by Gasteiger charge is 2.37. The molecule has 152 valence electrons. The number of anilines is 1. The summed E-state index contributed by atoms with van der Waals surface area (Å²) in [6.45, 7) is 0.426. The largest absolute Gasteiger partial charge is 0.465 e. The van der Waals surface area contributed by atoms with E-state index in [9.17, 15) is 14.4 Å². The number of hydrogen-bond acceptors (Lipinski definition) is 6. The van der Waals surface area contributed by atoms with Gasteiger partial charge in [0.25, 0.3) is 0 Å². The fraction of sp³-hybridized carbons (Fsp3) is 0.381. The minimum atomic E-state index is -0.646. The average molecular weight is 413 g/mol. The van der Waals surface area contributed by atoms with Gasteiger partial charge < -0.3 is 10.1 Å². The number of esters is 1. The average Bonchev–Trinajstić information content (AvgIpc) is 3.27. The van der Waals surface area contributed by atoms with Crippen molar-refractivity contribution in [2.24, 2.45) is 0 Å². The number of thiophene rings is 1. The Morgan fingerprint density at radius 1 is 1.24 bits per heavy atom. The number of hydrogen-bond donors (Lipinski definition) is 2. The minimum absolute atomic E-state index is 0.0807. The molecular formula is C21H23N3O4S. The molecule has 1 aliphatic heterocycles. The first-order valence-corrected chi connectivity index (χ1v) is 10.5. The van der Waals surface area contributed by atoms with E-state index in [0.29, 0.717) is 17.1 Å². The number of methoxy groups -OCH3 is 1. The lowest BCUT2D eigenvalue weighted by atomic mass is 9.95. The maximum absolute atomic E-state index is 13.0. The number of carbonyl (C=O) groups is 3. The zero-order chi connectivity index (χ0) is 20.4. The van der Waals surface area contributed by atoms with Crippen LogP contribution in [0.25, 0.3) is 0 Å². The van der Waals surface area contributed by atoms with E-state index in [-0.39, 0.29) is 18.2 Å². The van der Waals surface area contributed by atoms with E-state index in [1.807, 2.05) is 30.3 Å². The van der Waals surface area contributed by atoms with Crippen LogP contribution in [0.3, 0.4) is 0 Å². The molecule has 29 heavy (non-hydrogen) atoms. The number of amides is 2. The Morgan fingerprint density at radius 2 is 2.00 bits per heavy atom. The molecule has 1 aromatic heterocycles. The quantitative estimate of drug-likeness (QED) is 0.736. The molecule has 4 rings (SSSR count). The van der Waals surface area contributed by atoms with Crippen molar-refractivity contribution in [2.75, 3.05) is 12.4 Å². The van der Waals surface area contributed by atoms with E-state index in [1.165, 1.54) is 18.4 Å². The lowest BCUT2D eigenvalue weighted by Gasteiger charge is -2.22. The maximum Gasteiger partial charge on any atom is 0.341 e. The van der Waals surface area contributed by atoms with E-state index in [0.717, 1.165) is 41.7 Å². The van der Waals surface area contributed by atoms with Crippen LogP contribution in [0.1, 0.15) is 45.6 Å². The van der Waals surface area contributed by atoms with Gasteiger partial charge in [-0.1, -0.05) is 30.3 Å². The monoisotopic (exact) mass is 413 g/mol. The smallest absolute Gasteiger partial charge is 0.341 e. The molecule has 1 atom stereocenters. The lowest BCUT2D eigenvalue weighted by molar-refractivity contribution is -0.121. The van der Waals surface area contributed by atoms with Gasteiger partial charge in [0.1, 0.15) is 11.0 Å². The molecule has 0 radical (unpaired) electrons. The number of fused-ring (bicyclic) bond motifs is 1. The van der Waals surface area contributed by atoms with Crippen molar-refractivity contribution in [3.63, 3.8) is 0 Å². The summed E-state index contributed by atoms with van der Waals surface area (Å²) in [6, 6.07) is 9.00. The van der Waals surface area contributed by atoms with Gasteiger partial charge >= 0.3 is 5.97 Å². The van der Waals surface area contributed by atoms with Crippen LogP contribution in [-0.4, -0.2) is 35.9 Å². The summed E-state index contributed by atoms with van der Waals surface area (Å²) < 4.78 is 4.97. The van der Waals surface area contributed by atoms with Crippen LogP contribution in [0.15, 0.2) is 30.3 Å². The van der Waals surface area contributed by atoms with Gasteiger partial charge in [0.15, 0.2) is 0 Å². The molecule has 0 unspecified atom stereocenters. The molecule has 1 fully saturated rings. The Kier molecular flexibility index (Phi) is 5.64. The molecule has 2 amide bonds. The van der Waals surface area contributed by atoms with Crippen molar-refractivity contribution >= 4 is 34.1 Å². The normalized spacial score (nSPS) is 18.8. The van der Waals surface area contributed by atoms with Crippen molar-refractivity contribution in [2.45, 2.75) is 44.7 Å². The number of rotatable bonds is 5. The van der Waals surface area contributed by atoms with E-state index in [1.54, 1.807) is 5.01 Å². The molecular weight excluding hydrogens is 390 g/mol. The van der Waals surface area contributed by atoms with Crippen LogP contribution in [0.4, 0.5) is 5.00 Å². The van der Waals surface area contributed by atoms with Gasteiger partial charge in [0.05, 0.1) is 19.1 Å². The molecule has 1 aromatic carbocycles. The van der Waals surface area contributed by atoms with Crippen molar-refractivity contribution in [1.82, 2.24) is 10.4 Å². The topological polar surface area (TPSA) is 87.7 Å². The predicted octanol–water partition coefficient (Wildman–Crippen LogP) is 2.66. The molecule has 2 aliphatic rings. The molecule has 0 bridgehead atoms.